The standard InChI is InChI=1S/C17H15NO3S2/c1-23(20,21)18-15-11-16(22-12-7-3-2-4-8-12)17(19)14-10-6-5-9-13(14)15/h2-11,18-19H,1H3. The Morgan fingerprint density at radius 2 is 1.57 bits per heavy atom. The average molecular weight is 345 g/mol. The van der Waals surface area contributed by atoms with E-state index in [0.717, 1.165) is 11.2 Å². The van der Waals surface area contributed by atoms with Crippen LogP contribution in [0.4, 0.5) is 5.69 Å². The molecule has 0 saturated carbocycles. The summed E-state index contributed by atoms with van der Waals surface area (Å²) in [6, 6.07) is 18.4. The van der Waals surface area contributed by atoms with Gasteiger partial charge in [0.2, 0.25) is 10.0 Å². The summed E-state index contributed by atoms with van der Waals surface area (Å²) >= 11 is 1.38. The zero-order valence-corrected chi connectivity index (χ0v) is 14.0. The predicted octanol–water partition coefficient (Wildman–Crippen LogP) is 4.07. The van der Waals surface area contributed by atoms with E-state index in [4.69, 9.17) is 0 Å². The number of phenols is 1. The molecular weight excluding hydrogens is 330 g/mol. The summed E-state index contributed by atoms with van der Waals surface area (Å²) in [7, 11) is -3.41. The Bertz CT molecular complexity index is 954. The first-order valence-electron chi connectivity index (χ1n) is 6.89. The van der Waals surface area contributed by atoms with Crippen LogP contribution in [-0.2, 0) is 10.0 Å². The Hall–Kier alpha value is -2.18. The minimum Gasteiger partial charge on any atom is -0.506 e. The fraction of sp³-hybridized carbons (Fsp3) is 0.0588. The quantitative estimate of drug-likeness (QED) is 0.700. The Balaban J connectivity index is 2.16. The lowest BCUT2D eigenvalue weighted by Gasteiger charge is -2.13. The summed E-state index contributed by atoms with van der Waals surface area (Å²) in [6.45, 7) is 0. The Labute approximate surface area is 139 Å². The molecule has 2 N–H and O–H groups in total. The molecular formula is C17H15NO3S2. The van der Waals surface area contributed by atoms with Gasteiger partial charge in [0.1, 0.15) is 5.75 Å². The van der Waals surface area contributed by atoms with E-state index in [9.17, 15) is 13.5 Å². The summed E-state index contributed by atoms with van der Waals surface area (Å²) in [4.78, 5) is 1.56. The third kappa shape index (κ3) is 3.60. The zero-order valence-electron chi connectivity index (χ0n) is 12.4. The zero-order chi connectivity index (χ0) is 16.4. The number of hydrogen-bond donors (Lipinski definition) is 2. The van der Waals surface area contributed by atoms with Crippen molar-refractivity contribution in [2.75, 3.05) is 11.0 Å². The molecule has 0 bridgehead atoms. The van der Waals surface area contributed by atoms with Gasteiger partial charge in [-0.05, 0) is 18.2 Å². The van der Waals surface area contributed by atoms with Crippen LogP contribution in [0.25, 0.3) is 10.8 Å². The van der Waals surface area contributed by atoms with Gasteiger partial charge in [0.15, 0.2) is 0 Å². The topological polar surface area (TPSA) is 66.4 Å². The summed E-state index contributed by atoms with van der Waals surface area (Å²) in [5.74, 6) is 0.147. The van der Waals surface area contributed by atoms with Gasteiger partial charge < -0.3 is 5.11 Å². The summed E-state index contributed by atoms with van der Waals surface area (Å²) < 4.78 is 25.8. The highest BCUT2D eigenvalue weighted by Gasteiger charge is 2.14. The van der Waals surface area contributed by atoms with Gasteiger partial charge in [-0.3, -0.25) is 4.72 Å². The van der Waals surface area contributed by atoms with E-state index < -0.39 is 10.0 Å². The van der Waals surface area contributed by atoms with Crippen LogP contribution in [0.5, 0.6) is 5.75 Å². The highest BCUT2D eigenvalue weighted by molar-refractivity contribution is 7.99. The van der Waals surface area contributed by atoms with E-state index in [0.29, 0.717) is 21.4 Å². The van der Waals surface area contributed by atoms with E-state index in [1.807, 2.05) is 36.4 Å². The third-order valence-electron chi connectivity index (χ3n) is 3.25. The van der Waals surface area contributed by atoms with E-state index in [1.54, 1.807) is 24.3 Å². The van der Waals surface area contributed by atoms with Gasteiger partial charge in [-0.15, -0.1) is 0 Å². The molecule has 0 unspecified atom stereocenters. The third-order valence-corrected chi connectivity index (χ3v) is 4.88. The van der Waals surface area contributed by atoms with Gasteiger partial charge in [-0.25, -0.2) is 8.42 Å². The van der Waals surface area contributed by atoms with Gasteiger partial charge in [0.05, 0.1) is 16.8 Å². The molecule has 118 valence electrons. The van der Waals surface area contributed by atoms with Crippen molar-refractivity contribution in [3.05, 3.63) is 60.7 Å². The van der Waals surface area contributed by atoms with E-state index in [1.165, 1.54) is 11.8 Å². The molecule has 3 aromatic carbocycles. The van der Waals surface area contributed by atoms with Crippen molar-refractivity contribution in [1.29, 1.82) is 0 Å². The van der Waals surface area contributed by atoms with Crippen molar-refractivity contribution in [1.82, 2.24) is 0 Å². The van der Waals surface area contributed by atoms with Crippen LogP contribution in [0, 0.1) is 0 Å². The second kappa shape index (κ2) is 6.14. The van der Waals surface area contributed by atoms with Crippen molar-refractivity contribution >= 4 is 38.2 Å². The van der Waals surface area contributed by atoms with Crippen molar-refractivity contribution in [3.8, 4) is 5.75 Å². The number of sulfonamides is 1. The van der Waals surface area contributed by atoms with Gasteiger partial charge >= 0.3 is 0 Å². The number of aromatic hydroxyl groups is 1. The minimum atomic E-state index is -3.41. The van der Waals surface area contributed by atoms with Crippen LogP contribution < -0.4 is 4.72 Å². The van der Waals surface area contributed by atoms with E-state index in [2.05, 4.69) is 4.72 Å². The molecule has 0 aromatic heterocycles. The van der Waals surface area contributed by atoms with Gasteiger partial charge in [0.25, 0.3) is 0 Å². The molecule has 0 aliphatic carbocycles. The fourth-order valence-corrected chi connectivity index (χ4v) is 3.81. The molecule has 3 rings (SSSR count). The summed E-state index contributed by atoms with van der Waals surface area (Å²) in [6.07, 6.45) is 1.11. The normalized spacial score (nSPS) is 11.5. The number of nitrogens with one attached hydrogen (secondary N) is 1. The molecule has 3 aromatic rings. The number of anilines is 1. The van der Waals surface area contributed by atoms with Gasteiger partial charge in [-0.1, -0.05) is 54.2 Å². The highest BCUT2D eigenvalue weighted by Crippen LogP contribution is 2.42. The van der Waals surface area contributed by atoms with Crippen molar-refractivity contribution in [3.63, 3.8) is 0 Å². The molecule has 0 aliphatic heterocycles. The number of hydrogen-bond acceptors (Lipinski definition) is 4. The smallest absolute Gasteiger partial charge is 0.229 e. The first-order chi connectivity index (χ1) is 10.9. The number of benzene rings is 3. The summed E-state index contributed by atoms with van der Waals surface area (Å²) in [5.41, 5.74) is 0.458. The molecule has 0 saturated heterocycles. The Morgan fingerprint density at radius 1 is 0.957 bits per heavy atom. The SMILES string of the molecule is CS(=O)(=O)Nc1cc(Sc2ccccc2)c(O)c2ccccc12. The molecule has 4 nitrogen and oxygen atoms in total. The molecule has 0 radical (unpaired) electrons. The van der Waals surface area contributed by atoms with Crippen LogP contribution in [0.3, 0.4) is 0 Å². The average Bonchev–Trinajstić information content (AvgIpc) is 2.52. The molecule has 0 amide bonds. The molecule has 0 atom stereocenters. The first-order valence-corrected chi connectivity index (χ1v) is 9.60. The van der Waals surface area contributed by atoms with Crippen molar-refractivity contribution in [2.24, 2.45) is 0 Å². The van der Waals surface area contributed by atoms with Crippen LogP contribution in [0.1, 0.15) is 0 Å². The van der Waals surface area contributed by atoms with Gasteiger partial charge in [-0.2, -0.15) is 0 Å². The Morgan fingerprint density at radius 3 is 2.22 bits per heavy atom. The van der Waals surface area contributed by atoms with Crippen LogP contribution >= 0.6 is 11.8 Å². The van der Waals surface area contributed by atoms with E-state index >= 15 is 0 Å². The maximum Gasteiger partial charge on any atom is 0.229 e. The lowest BCUT2D eigenvalue weighted by atomic mass is 10.1. The van der Waals surface area contributed by atoms with Crippen LogP contribution in [-0.4, -0.2) is 19.8 Å². The maximum atomic E-state index is 11.6. The maximum absolute atomic E-state index is 11.6. The fourth-order valence-electron chi connectivity index (χ4n) is 2.31. The second-order valence-corrected chi connectivity index (χ2v) is 7.97. The predicted molar refractivity (Wildman–Crippen MR) is 94.6 cm³/mol. The first kappa shape index (κ1) is 15.7. The number of phenolic OH excluding ortho intramolecular Hbond substituents is 1. The second-order valence-electron chi connectivity index (χ2n) is 5.11. The van der Waals surface area contributed by atoms with Crippen LogP contribution in [0.2, 0.25) is 0 Å². The lowest BCUT2D eigenvalue weighted by molar-refractivity contribution is 0.469. The molecule has 0 heterocycles. The molecule has 0 fully saturated rings. The van der Waals surface area contributed by atoms with E-state index in [-0.39, 0.29) is 5.75 Å². The molecule has 0 spiro atoms. The number of rotatable bonds is 4. The van der Waals surface area contributed by atoms with Gasteiger partial charge in [0, 0.05) is 15.7 Å². The number of fused-ring (bicyclic) bond motifs is 1. The largest absolute Gasteiger partial charge is 0.506 e. The Kier molecular flexibility index (Phi) is 4.19. The lowest BCUT2D eigenvalue weighted by Crippen LogP contribution is -2.10. The summed E-state index contributed by atoms with van der Waals surface area (Å²) in [5, 5.41) is 11.8. The molecule has 0 aliphatic rings. The van der Waals surface area contributed by atoms with Crippen molar-refractivity contribution < 1.29 is 13.5 Å². The minimum absolute atomic E-state index is 0.147. The van der Waals surface area contributed by atoms with Crippen molar-refractivity contribution in [2.45, 2.75) is 9.79 Å². The highest BCUT2D eigenvalue weighted by atomic mass is 32.2. The molecule has 23 heavy (non-hydrogen) atoms. The monoisotopic (exact) mass is 345 g/mol. The molecule has 6 heteroatoms. The van der Waals surface area contributed by atoms with Crippen LogP contribution in [0.15, 0.2) is 70.5 Å².